The van der Waals surface area contributed by atoms with Crippen molar-refractivity contribution in [2.75, 3.05) is 39.5 Å². The van der Waals surface area contributed by atoms with Crippen molar-refractivity contribution in [2.45, 2.75) is 207 Å². The Labute approximate surface area is 321 Å². The van der Waals surface area contributed by atoms with E-state index in [1.165, 1.54) is 103 Å². The molecule has 7 nitrogen and oxygen atoms in total. The molecular formula is C45H83NO6. The Bertz CT molecular complexity index is 872. The Kier molecular flexibility index (Phi) is 33.4. The van der Waals surface area contributed by atoms with Crippen molar-refractivity contribution in [1.29, 1.82) is 0 Å². The molecule has 0 aliphatic carbocycles. The van der Waals surface area contributed by atoms with Crippen molar-refractivity contribution in [2.24, 2.45) is 11.8 Å². The lowest BCUT2D eigenvalue weighted by Gasteiger charge is -2.30. The molecule has 0 aromatic heterocycles. The Balaban J connectivity index is 2.44. The smallest absolute Gasteiger partial charge is 0.308 e. The molecule has 2 unspecified atom stereocenters. The number of nitrogens with zero attached hydrogens (tertiary/aromatic N) is 1. The number of esters is 3. The number of rotatable bonds is 38. The van der Waals surface area contributed by atoms with Crippen LogP contribution < -0.4 is 0 Å². The van der Waals surface area contributed by atoms with Crippen molar-refractivity contribution < 1.29 is 28.6 Å². The van der Waals surface area contributed by atoms with Crippen LogP contribution in [0, 0.1) is 11.8 Å². The van der Waals surface area contributed by atoms with E-state index in [2.05, 4.69) is 37.8 Å². The zero-order valence-corrected chi connectivity index (χ0v) is 34.5. The van der Waals surface area contributed by atoms with E-state index in [1.54, 1.807) is 0 Å². The second-order valence-corrected chi connectivity index (χ2v) is 15.6. The highest BCUT2D eigenvalue weighted by Crippen LogP contribution is 2.21. The molecule has 1 heterocycles. The monoisotopic (exact) mass is 734 g/mol. The summed E-state index contributed by atoms with van der Waals surface area (Å²) >= 11 is 0. The fourth-order valence-corrected chi connectivity index (χ4v) is 6.79. The highest BCUT2D eigenvalue weighted by atomic mass is 16.6. The lowest BCUT2D eigenvalue weighted by Crippen LogP contribution is -2.37. The van der Waals surface area contributed by atoms with Gasteiger partial charge in [0, 0.05) is 12.8 Å². The number of likely N-dealkylation sites (tertiary alicyclic amines) is 1. The maximum absolute atomic E-state index is 13.3. The second kappa shape index (κ2) is 36.1. The van der Waals surface area contributed by atoms with Crippen molar-refractivity contribution in [3.05, 3.63) is 12.2 Å². The number of carbonyl (C=O) groups excluding carboxylic acids is 3. The predicted molar refractivity (Wildman–Crippen MR) is 216 cm³/mol. The SMILES string of the molecule is CCCCCCCC/C=C\CCCCCCCC(=O)OCC(COC(=O)CCCN1CCC1)COC(=O)C(CCCCCC)CCCCCCCC. The molecule has 52 heavy (non-hydrogen) atoms. The van der Waals surface area contributed by atoms with Gasteiger partial charge in [-0.25, -0.2) is 0 Å². The number of carbonyl (C=O) groups is 3. The summed E-state index contributed by atoms with van der Waals surface area (Å²) in [7, 11) is 0. The van der Waals surface area contributed by atoms with Crippen molar-refractivity contribution >= 4 is 17.9 Å². The molecule has 0 N–H and O–H groups in total. The highest BCUT2D eigenvalue weighted by molar-refractivity contribution is 5.72. The van der Waals surface area contributed by atoms with E-state index in [9.17, 15) is 14.4 Å². The highest BCUT2D eigenvalue weighted by Gasteiger charge is 2.23. The van der Waals surface area contributed by atoms with Crippen LogP contribution in [0.25, 0.3) is 0 Å². The van der Waals surface area contributed by atoms with Gasteiger partial charge in [-0.2, -0.15) is 0 Å². The number of unbranched alkanes of at least 4 members (excludes halogenated alkanes) is 19. The Morgan fingerprint density at radius 3 is 1.44 bits per heavy atom. The van der Waals surface area contributed by atoms with Crippen LogP contribution in [0.3, 0.4) is 0 Å². The van der Waals surface area contributed by atoms with Crippen LogP contribution in [0.2, 0.25) is 0 Å². The summed E-state index contributed by atoms with van der Waals surface area (Å²) in [6.45, 7) is 10.1. The third-order valence-corrected chi connectivity index (χ3v) is 10.5. The summed E-state index contributed by atoms with van der Waals surface area (Å²) in [4.78, 5) is 40.8. The fraction of sp³-hybridized carbons (Fsp3) is 0.889. The third kappa shape index (κ3) is 29.6. The molecule has 1 aliphatic heterocycles. The van der Waals surface area contributed by atoms with Crippen LogP contribution in [-0.2, 0) is 28.6 Å². The maximum Gasteiger partial charge on any atom is 0.308 e. The number of hydrogen-bond donors (Lipinski definition) is 0. The van der Waals surface area contributed by atoms with E-state index in [-0.39, 0.29) is 49.6 Å². The average molecular weight is 734 g/mol. The lowest BCUT2D eigenvalue weighted by molar-refractivity contribution is -0.156. The van der Waals surface area contributed by atoms with Gasteiger partial charge in [0.05, 0.1) is 11.8 Å². The average Bonchev–Trinajstić information content (AvgIpc) is 3.12. The van der Waals surface area contributed by atoms with Gasteiger partial charge in [0.2, 0.25) is 0 Å². The second-order valence-electron chi connectivity index (χ2n) is 15.6. The van der Waals surface area contributed by atoms with Crippen LogP contribution in [-0.4, -0.2) is 62.3 Å². The largest absolute Gasteiger partial charge is 0.465 e. The first-order valence-electron chi connectivity index (χ1n) is 22.3. The van der Waals surface area contributed by atoms with E-state index in [0.717, 1.165) is 90.3 Å². The van der Waals surface area contributed by atoms with Crippen LogP contribution in [0.5, 0.6) is 0 Å². The molecule has 2 atom stereocenters. The summed E-state index contributed by atoms with van der Waals surface area (Å²) in [5, 5.41) is 0. The molecule has 0 aromatic rings. The Morgan fingerprint density at radius 2 is 0.942 bits per heavy atom. The van der Waals surface area contributed by atoms with E-state index in [1.807, 2.05) is 0 Å². The van der Waals surface area contributed by atoms with Crippen LogP contribution in [0.15, 0.2) is 12.2 Å². The standard InChI is InChI=1S/C45H83NO6/c1-4-7-10-13-15-16-17-18-19-20-21-22-23-25-28-33-43(47)50-38-41(39-51-44(48)34-29-35-46-36-30-37-46)40-52-45(49)42(31-26-12-9-6-3)32-27-24-14-11-8-5-2/h18-19,41-42H,4-17,20-40H2,1-3H3/b19-18-. The number of allylic oxidation sites excluding steroid dienone is 2. The molecule has 1 aliphatic rings. The molecule has 0 amide bonds. The summed E-state index contributed by atoms with van der Waals surface area (Å²) in [5.74, 6) is -1.09. The van der Waals surface area contributed by atoms with Gasteiger partial charge in [0.25, 0.3) is 0 Å². The van der Waals surface area contributed by atoms with Crippen molar-refractivity contribution in [3.8, 4) is 0 Å². The van der Waals surface area contributed by atoms with E-state index >= 15 is 0 Å². The van der Waals surface area contributed by atoms with Gasteiger partial charge in [-0.1, -0.05) is 148 Å². The Morgan fingerprint density at radius 1 is 0.519 bits per heavy atom. The fourth-order valence-electron chi connectivity index (χ4n) is 6.79. The van der Waals surface area contributed by atoms with Crippen LogP contribution >= 0.6 is 0 Å². The van der Waals surface area contributed by atoms with E-state index in [0.29, 0.717) is 12.8 Å². The maximum atomic E-state index is 13.3. The quantitative estimate of drug-likeness (QED) is 0.0270. The summed E-state index contributed by atoms with van der Waals surface area (Å²) in [6, 6.07) is 0. The molecule has 0 bridgehead atoms. The topological polar surface area (TPSA) is 82.1 Å². The lowest BCUT2D eigenvalue weighted by atomic mass is 9.94. The molecule has 1 saturated heterocycles. The van der Waals surface area contributed by atoms with Crippen molar-refractivity contribution in [3.63, 3.8) is 0 Å². The summed E-state index contributed by atoms with van der Waals surface area (Å²) in [6.07, 6.45) is 36.7. The molecule has 7 heteroatoms. The molecule has 0 saturated carbocycles. The number of hydrogen-bond acceptors (Lipinski definition) is 7. The number of ether oxygens (including phenoxy) is 3. The van der Waals surface area contributed by atoms with Crippen molar-refractivity contribution in [1.82, 2.24) is 4.90 Å². The third-order valence-electron chi connectivity index (χ3n) is 10.5. The van der Waals surface area contributed by atoms with Gasteiger partial charge in [0.1, 0.15) is 19.8 Å². The van der Waals surface area contributed by atoms with E-state index < -0.39 is 0 Å². The molecular weight excluding hydrogens is 650 g/mol. The first kappa shape index (κ1) is 48.1. The minimum absolute atomic E-state index is 0.0924. The molecule has 0 spiro atoms. The van der Waals surface area contributed by atoms with Gasteiger partial charge in [-0.3, -0.25) is 14.4 Å². The zero-order valence-electron chi connectivity index (χ0n) is 34.5. The van der Waals surface area contributed by atoms with Gasteiger partial charge < -0.3 is 19.1 Å². The summed E-state index contributed by atoms with van der Waals surface area (Å²) in [5.41, 5.74) is 0. The molecule has 1 rings (SSSR count). The van der Waals surface area contributed by atoms with Gasteiger partial charge in [-0.05, 0) is 77.4 Å². The van der Waals surface area contributed by atoms with Gasteiger partial charge >= 0.3 is 17.9 Å². The predicted octanol–water partition coefficient (Wildman–Crippen LogP) is 12.1. The van der Waals surface area contributed by atoms with Gasteiger partial charge in [0.15, 0.2) is 0 Å². The Hall–Kier alpha value is -1.89. The normalized spacial score (nSPS) is 14.3. The van der Waals surface area contributed by atoms with Crippen LogP contribution in [0.1, 0.15) is 207 Å². The minimum Gasteiger partial charge on any atom is -0.465 e. The molecule has 304 valence electrons. The van der Waals surface area contributed by atoms with E-state index in [4.69, 9.17) is 14.2 Å². The first-order valence-corrected chi connectivity index (χ1v) is 22.3. The van der Waals surface area contributed by atoms with Crippen LogP contribution in [0.4, 0.5) is 0 Å². The minimum atomic E-state index is -0.365. The van der Waals surface area contributed by atoms with Gasteiger partial charge in [-0.15, -0.1) is 0 Å². The molecule has 0 aromatic carbocycles. The summed E-state index contributed by atoms with van der Waals surface area (Å²) < 4.78 is 17.1. The first-order chi connectivity index (χ1) is 25.5. The zero-order chi connectivity index (χ0) is 37.7. The molecule has 1 fully saturated rings. The molecule has 0 radical (unpaired) electrons.